The zero-order valence-electron chi connectivity index (χ0n) is 9.66. The second-order valence-electron chi connectivity index (χ2n) is 3.99. The van der Waals surface area contributed by atoms with Crippen LogP contribution in [-0.2, 0) is 0 Å². The van der Waals surface area contributed by atoms with Crippen molar-refractivity contribution in [2.45, 2.75) is 19.9 Å². The Hall–Kier alpha value is -1.32. The van der Waals surface area contributed by atoms with Crippen molar-refractivity contribution in [2.24, 2.45) is 0 Å². The molecule has 2 rings (SSSR count). The summed E-state index contributed by atoms with van der Waals surface area (Å²) in [6.45, 7) is 4.83. The molecule has 0 aliphatic rings. The number of aliphatic hydroxyl groups excluding tert-OH is 1. The van der Waals surface area contributed by atoms with Gasteiger partial charge in [0.05, 0.1) is 12.6 Å². The summed E-state index contributed by atoms with van der Waals surface area (Å²) in [6.07, 6.45) is 0. The van der Waals surface area contributed by atoms with Crippen LogP contribution in [0.25, 0.3) is 11.0 Å². The Kier molecular flexibility index (Phi) is 3.27. The molecule has 0 fully saturated rings. The summed E-state index contributed by atoms with van der Waals surface area (Å²) in [4.78, 5) is 0. The number of aryl methyl sites for hydroxylation is 1. The maximum Gasteiger partial charge on any atom is 0.134 e. The average Bonchev–Trinajstić information content (AvgIpc) is 2.64. The van der Waals surface area contributed by atoms with Gasteiger partial charge < -0.3 is 14.8 Å². The molecule has 0 spiro atoms. The van der Waals surface area contributed by atoms with E-state index in [0.29, 0.717) is 6.54 Å². The summed E-state index contributed by atoms with van der Waals surface area (Å²) in [7, 11) is 0. The van der Waals surface area contributed by atoms with E-state index in [1.54, 1.807) is 0 Å². The predicted molar refractivity (Wildman–Crippen MR) is 64.5 cm³/mol. The van der Waals surface area contributed by atoms with E-state index in [-0.39, 0.29) is 12.6 Å². The SMILES string of the molecule is Cc1c(C(C)NCCO)oc2ccccc12. The molecule has 2 N–H and O–H groups in total. The van der Waals surface area contributed by atoms with Crippen molar-refractivity contribution in [3.8, 4) is 0 Å². The van der Waals surface area contributed by atoms with Crippen LogP contribution in [0.2, 0.25) is 0 Å². The van der Waals surface area contributed by atoms with E-state index in [0.717, 1.165) is 16.7 Å². The van der Waals surface area contributed by atoms with Crippen molar-refractivity contribution in [3.63, 3.8) is 0 Å². The largest absolute Gasteiger partial charge is 0.459 e. The lowest BCUT2D eigenvalue weighted by Gasteiger charge is -2.10. The van der Waals surface area contributed by atoms with Gasteiger partial charge in [-0.1, -0.05) is 18.2 Å². The third-order valence-corrected chi connectivity index (χ3v) is 2.84. The second-order valence-corrected chi connectivity index (χ2v) is 3.99. The topological polar surface area (TPSA) is 45.4 Å². The molecule has 1 atom stereocenters. The first kappa shape index (κ1) is 11.2. The molecule has 0 aliphatic carbocycles. The van der Waals surface area contributed by atoms with Crippen LogP contribution < -0.4 is 5.32 Å². The lowest BCUT2D eigenvalue weighted by Crippen LogP contribution is -2.22. The number of nitrogens with one attached hydrogen (secondary N) is 1. The molecule has 0 aliphatic heterocycles. The first-order valence-corrected chi connectivity index (χ1v) is 5.56. The summed E-state index contributed by atoms with van der Waals surface area (Å²) in [5.74, 6) is 0.953. The Bertz CT molecular complexity index is 476. The van der Waals surface area contributed by atoms with E-state index < -0.39 is 0 Å². The third kappa shape index (κ3) is 1.96. The molecule has 0 saturated carbocycles. The average molecular weight is 219 g/mol. The first-order chi connectivity index (χ1) is 7.74. The van der Waals surface area contributed by atoms with Crippen LogP contribution in [0.3, 0.4) is 0 Å². The van der Waals surface area contributed by atoms with Gasteiger partial charge in [-0.3, -0.25) is 0 Å². The molecule has 1 unspecified atom stereocenters. The second kappa shape index (κ2) is 4.68. The molecule has 16 heavy (non-hydrogen) atoms. The van der Waals surface area contributed by atoms with Crippen molar-refractivity contribution < 1.29 is 9.52 Å². The van der Waals surface area contributed by atoms with Crippen molar-refractivity contribution in [2.75, 3.05) is 13.2 Å². The van der Waals surface area contributed by atoms with Crippen LogP contribution in [0.1, 0.15) is 24.3 Å². The van der Waals surface area contributed by atoms with E-state index in [2.05, 4.69) is 18.3 Å². The Balaban J connectivity index is 2.33. The van der Waals surface area contributed by atoms with Crippen LogP contribution in [0.5, 0.6) is 0 Å². The molecule has 0 bridgehead atoms. The Labute approximate surface area is 95.1 Å². The summed E-state index contributed by atoms with van der Waals surface area (Å²) in [5.41, 5.74) is 2.10. The van der Waals surface area contributed by atoms with Gasteiger partial charge in [0.1, 0.15) is 11.3 Å². The lowest BCUT2D eigenvalue weighted by atomic mass is 10.1. The molecular formula is C13H17NO2. The zero-order valence-corrected chi connectivity index (χ0v) is 9.66. The number of hydrogen-bond acceptors (Lipinski definition) is 3. The normalized spacial score (nSPS) is 13.2. The fourth-order valence-corrected chi connectivity index (χ4v) is 1.98. The molecule has 3 nitrogen and oxygen atoms in total. The molecule has 2 aromatic rings. The Morgan fingerprint density at radius 2 is 2.12 bits per heavy atom. The van der Waals surface area contributed by atoms with Crippen molar-refractivity contribution in [1.29, 1.82) is 0 Å². The van der Waals surface area contributed by atoms with Crippen molar-refractivity contribution in [1.82, 2.24) is 5.32 Å². The number of rotatable bonds is 4. The highest BCUT2D eigenvalue weighted by Crippen LogP contribution is 2.28. The highest BCUT2D eigenvalue weighted by atomic mass is 16.3. The number of hydrogen-bond donors (Lipinski definition) is 2. The van der Waals surface area contributed by atoms with Crippen LogP contribution in [0.15, 0.2) is 28.7 Å². The standard InChI is InChI=1S/C13H17NO2/c1-9-11-5-3-4-6-12(11)16-13(9)10(2)14-7-8-15/h3-6,10,14-15H,7-8H2,1-2H3. The maximum atomic E-state index is 8.78. The third-order valence-electron chi connectivity index (χ3n) is 2.84. The summed E-state index contributed by atoms with van der Waals surface area (Å²) >= 11 is 0. The summed E-state index contributed by atoms with van der Waals surface area (Å²) in [5, 5.41) is 13.1. The summed E-state index contributed by atoms with van der Waals surface area (Å²) in [6, 6.07) is 8.15. The summed E-state index contributed by atoms with van der Waals surface area (Å²) < 4.78 is 5.81. The van der Waals surface area contributed by atoms with Crippen LogP contribution >= 0.6 is 0 Å². The molecule has 1 aromatic heterocycles. The fraction of sp³-hybridized carbons (Fsp3) is 0.385. The number of para-hydroxylation sites is 1. The molecule has 3 heteroatoms. The van der Waals surface area contributed by atoms with Crippen molar-refractivity contribution >= 4 is 11.0 Å². The van der Waals surface area contributed by atoms with Gasteiger partial charge in [-0.2, -0.15) is 0 Å². The van der Waals surface area contributed by atoms with Crippen LogP contribution in [0.4, 0.5) is 0 Å². The lowest BCUT2D eigenvalue weighted by molar-refractivity contribution is 0.282. The van der Waals surface area contributed by atoms with Gasteiger partial charge in [-0.05, 0) is 25.5 Å². The van der Waals surface area contributed by atoms with E-state index in [4.69, 9.17) is 9.52 Å². The molecule has 0 saturated heterocycles. The van der Waals surface area contributed by atoms with Crippen molar-refractivity contribution in [3.05, 3.63) is 35.6 Å². The number of furan rings is 1. The Morgan fingerprint density at radius 3 is 2.81 bits per heavy atom. The van der Waals surface area contributed by atoms with Gasteiger partial charge in [-0.15, -0.1) is 0 Å². The smallest absolute Gasteiger partial charge is 0.134 e. The van der Waals surface area contributed by atoms with Gasteiger partial charge in [0.25, 0.3) is 0 Å². The minimum absolute atomic E-state index is 0.125. The molecule has 0 radical (unpaired) electrons. The van der Waals surface area contributed by atoms with Gasteiger partial charge >= 0.3 is 0 Å². The molecule has 1 heterocycles. The fourth-order valence-electron chi connectivity index (χ4n) is 1.98. The number of aliphatic hydroxyl groups is 1. The molecule has 86 valence electrons. The number of fused-ring (bicyclic) bond motifs is 1. The van der Waals surface area contributed by atoms with E-state index >= 15 is 0 Å². The minimum atomic E-state index is 0.125. The zero-order chi connectivity index (χ0) is 11.5. The highest BCUT2D eigenvalue weighted by molar-refractivity contribution is 5.82. The van der Waals surface area contributed by atoms with E-state index in [1.165, 1.54) is 5.56 Å². The number of benzene rings is 1. The van der Waals surface area contributed by atoms with Crippen LogP contribution in [0, 0.1) is 6.92 Å². The van der Waals surface area contributed by atoms with E-state index in [1.807, 2.05) is 25.1 Å². The Morgan fingerprint density at radius 1 is 1.38 bits per heavy atom. The van der Waals surface area contributed by atoms with Gasteiger partial charge in [0, 0.05) is 11.9 Å². The van der Waals surface area contributed by atoms with Gasteiger partial charge in [0.15, 0.2) is 0 Å². The molecular weight excluding hydrogens is 202 g/mol. The molecule has 0 amide bonds. The maximum absolute atomic E-state index is 8.78. The predicted octanol–water partition coefficient (Wildman–Crippen LogP) is 2.38. The monoisotopic (exact) mass is 219 g/mol. The molecule has 1 aromatic carbocycles. The van der Waals surface area contributed by atoms with E-state index in [9.17, 15) is 0 Å². The van der Waals surface area contributed by atoms with Gasteiger partial charge in [-0.25, -0.2) is 0 Å². The highest BCUT2D eigenvalue weighted by Gasteiger charge is 2.15. The minimum Gasteiger partial charge on any atom is -0.459 e. The first-order valence-electron chi connectivity index (χ1n) is 5.56. The quantitative estimate of drug-likeness (QED) is 0.830. The van der Waals surface area contributed by atoms with Crippen LogP contribution in [-0.4, -0.2) is 18.3 Å². The van der Waals surface area contributed by atoms with Gasteiger partial charge in [0.2, 0.25) is 0 Å².